The van der Waals surface area contributed by atoms with Crippen LogP contribution in [0.2, 0.25) is 0 Å². The van der Waals surface area contributed by atoms with Crippen LogP contribution in [-0.2, 0) is 6.42 Å². The SMILES string of the molecule is C1=Cc2c(nc(-c3cccc4c3oc3ccc(-n5c6ccccc6c6cc(-c7ccc8c(c7)c7ccccc7n8-c7ccccc7)ccc65)cc34)nc2-c2ccccc2)CC1. The Morgan fingerprint density at radius 3 is 1.79 bits per heavy atom. The van der Waals surface area contributed by atoms with Crippen LogP contribution in [0.15, 0.2) is 192 Å². The van der Waals surface area contributed by atoms with Crippen LogP contribution in [0, 0.1) is 0 Å². The Balaban J connectivity index is 0.945. The Morgan fingerprint density at radius 2 is 1.07 bits per heavy atom. The van der Waals surface area contributed by atoms with Crippen LogP contribution in [0.1, 0.15) is 17.7 Å². The number of fused-ring (bicyclic) bond motifs is 10. The summed E-state index contributed by atoms with van der Waals surface area (Å²) in [6.07, 6.45) is 6.25. The van der Waals surface area contributed by atoms with Crippen molar-refractivity contribution in [1.29, 1.82) is 0 Å². The number of nitrogens with zero attached hydrogens (tertiary/aromatic N) is 4. The highest BCUT2D eigenvalue weighted by molar-refractivity contribution is 6.14. The van der Waals surface area contributed by atoms with Gasteiger partial charge in [-0.15, -0.1) is 0 Å². The van der Waals surface area contributed by atoms with E-state index in [1.165, 1.54) is 43.7 Å². The number of aromatic nitrogens is 4. The molecule has 286 valence electrons. The Bertz CT molecular complexity index is 3760. The molecule has 0 radical (unpaired) electrons. The second-order valence-corrected chi connectivity index (χ2v) is 16.0. The molecule has 1 aliphatic carbocycles. The Kier molecular flexibility index (Phi) is 7.36. The highest BCUT2D eigenvalue weighted by atomic mass is 16.3. The maximum atomic E-state index is 6.72. The van der Waals surface area contributed by atoms with Gasteiger partial charge in [-0.05, 0) is 96.8 Å². The van der Waals surface area contributed by atoms with E-state index in [1.807, 2.05) is 6.07 Å². The molecule has 4 aromatic heterocycles. The van der Waals surface area contributed by atoms with Crippen LogP contribution >= 0.6 is 0 Å². The molecule has 0 atom stereocenters. The minimum absolute atomic E-state index is 0.692. The molecule has 0 saturated heterocycles. The van der Waals surface area contributed by atoms with Crippen molar-refractivity contribution in [3.63, 3.8) is 0 Å². The van der Waals surface area contributed by atoms with Crippen LogP contribution in [0.3, 0.4) is 0 Å². The van der Waals surface area contributed by atoms with E-state index in [2.05, 4.69) is 197 Å². The van der Waals surface area contributed by atoms with E-state index in [-0.39, 0.29) is 0 Å². The van der Waals surface area contributed by atoms with Crippen LogP contribution in [0.5, 0.6) is 0 Å². The summed E-state index contributed by atoms with van der Waals surface area (Å²) in [6.45, 7) is 0. The van der Waals surface area contributed by atoms with E-state index in [0.717, 1.165) is 85.3 Å². The molecule has 5 heteroatoms. The van der Waals surface area contributed by atoms with E-state index in [1.54, 1.807) is 0 Å². The standard InChI is InChI=1S/C56H36N4O/c1-3-14-35(15-4-1)54-43-20-7-10-23-48(43)57-56(58-54)44-22-13-21-42-47-34-39(28-31-53(47)61-55(42)44)60-50-25-12-9-19-41(50)46-33-37(27-30-52(46)60)36-26-29-51-45(32-36)40-18-8-11-24-49(40)59(51)38-16-5-2-6-17-38/h1-9,11-22,24-34H,10,23H2. The second-order valence-electron chi connectivity index (χ2n) is 16.0. The van der Waals surface area contributed by atoms with Crippen LogP contribution in [-0.4, -0.2) is 19.1 Å². The van der Waals surface area contributed by atoms with Gasteiger partial charge in [-0.2, -0.15) is 0 Å². The number of hydrogen-bond acceptors (Lipinski definition) is 3. The Hall–Kier alpha value is -8.02. The number of furan rings is 1. The number of hydrogen-bond donors (Lipinski definition) is 0. The summed E-state index contributed by atoms with van der Waals surface area (Å²) in [4.78, 5) is 10.4. The zero-order valence-corrected chi connectivity index (χ0v) is 33.1. The lowest BCUT2D eigenvalue weighted by Crippen LogP contribution is -2.05. The molecule has 0 unspecified atom stereocenters. The third-order valence-corrected chi connectivity index (χ3v) is 12.6. The lowest BCUT2D eigenvalue weighted by Gasteiger charge is -2.16. The normalized spacial score (nSPS) is 12.7. The number of para-hydroxylation sites is 4. The van der Waals surface area contributed by atoms with Crippen molar-refractivity contribution in [2.75, 3.05) is 0 Å². The van der Waals surface area contributed by atoms with E-state index < -0.39 is 0 Å². The molecular weight excluding hydrogens is 745 g/mol. The summed E-state index contributed by atoms with van der Waals surface area (Å²) in [6, 6.07) is 65.2. The predicted octanol–water partition coefficient (Wildman–Crippen LogP) is 14.5. The first kappa shape index (κ1) is 33.9. The van der Waals surface area contributed by atoms with Gasteiger partial charge in [-0.3, -0.25) is 0 Å². The van der Waals surface area contributed by atoms with Gasteiger partial charge in [0, 0.05) is 54.8 Å². The Labute approximate surface area is 351 Å². The third-order valence-electron chi connectivity index (χ3n) is 12.6. The fraction of sp³-hybridized carbons (Fsp3) is 0.0357. The van der Waals surface area contributed by atoms with E-state index >= 15 is 0 Å². The molecule has 0 saturated carbocycles. The van der Waals surface area contributed by atoms with Gasteiger partial charge in [0.1, 0.15) is 11.2 Å². The maximum absolute atomic E-state index is 6.72. The molecule has 0 spiro atoms. The van der Waals surface area contributed by atoms with E-state index in [4.69, 9.17) is 14.4 Å². The van der Waals surface area contributed by atoms with E-state index in [0.29, 0.717) is 5.82 Å². The van der Waals surface area contributed by atoms with Crippen molar-refractivity contribution in [2.24, 2.45) is 0 Å². The van der Waals surface area contributed by atoms with Gasteiger partial charge in [0.05, 0.1) is 39.0 Å². The van der Waals surface area contributed by atoms with Crippen molar-refractivity contribution in [3.05, 3.63) is 199 Å². The van der Waals surface area contributed by atoms with Gasteiger partial charge < -0.3 is 13.6 Å². The van der Waals surface area contributed by atoms with Gasteiger partial charge in [0.2, 0.25) is 0 Å². The smallest absolute Gasteiger partial charge is 0.163 e. The molecule has 0 aliphatic heterocycles. The first-order valence-electron chi connectivity index (χ1n) is 21.0. The average molecular weight is 781 g/mol. The van der Waals surface area contributed by atoms with Gasteiger partial charge in [0.15, 0.2) is 5.82 Å². The van der Waals surface area contributed by atoms with Crippen molar-refractivity contribution in [3.8, 4) is 45.1 Å². The molecular formula is C56H36N4O. The van der Waals surface area contributed by atoms with Crippen LogP contribution in [0.25, 0.3) is 117 Å². The largest absolute Gasteiger partial charge is 0.455 e. The molecule has 0 bridgehead atoms. The lowest BCUT2D eigenvalue weighted by atomic mass is 9.97. The van der Waals surface area contributed by atoms with Gasteiger partial charge in [-0.1, -0.05) is 121 Å². The monoisotopic (exact) mass is 780 g/mol. The van der Waals surface area contributed by atoms with Crippen LogP contribution < -0.4 is 0 Å². The molecule has 12 aromatic rings. The summed E-state index contributed by atoms with van der Waals surface area (Å²) in [5.74, 6) is 0.692. The summed E-state index contributed by atoms with van der Waals surface area (Å²) >= 11 is 0. The zero-order valence-electron chi connectivity index (χ0n) is 33.1. The van der Waals surface area contributed by atoms with Crippen molar-refractivity contribution in [2.45, 2.75) is 12.8 Å². The number of rotatable bonds is 5. The number of allylic oxidation sites excluding steroid dienone is 1. The maximum Gasteiger partial charge on any atom is 0.163 e. The number of benzene rings is 8. The number of aryl methyl sites for hydroxylation is 1. The van der Waals surface area contributed by atoms with Crippen molar-refractivity contribution < 1.29 is 4.42 Å². The summed E-state index contributed by atoms with van der Waals surface area (Å²) in [7, 11) is 0. The zero-order chi connectivity index (χ0) is 40.0. The minimum atomic E-state index is 0.692. The molecule has 0 N–H and O–H groups in total. The molecule has 1 aliphatic rings. The summed E-state index contributed by atoms with van der Waals surface area (Å²) in [5.41, 5.74) is 16.1. The minimum Gasteiger partial charge on any atom is -0.455 e. The topological polar surface area (TPSA) is 48.8 Å². The van der Waals surface area contributed by atoms with Gasteiger partial charge in [0.25, 0.3) is 0 Å². The lowest BCUT2D eigenvalue weighted by molar-refractivity contribution is 0.669. The fourth-order valence-corrected chi connectivity index (χ4v) is 9.78. The Morgan fingerprint density at radius 1 is 0.443 bits per heavy atom. The van der Waals surface area contributed by atoms with Crippen molar-refractivity contribution in [1.82, 2.24) is 19.1 Å². The first-order valence-corrected chi connectivity index (χ1v) is 21.0. The van der Waals surface area contributed by atoms with Gasteiger partial charge >= 0.3 is 0 Å². The molecule has 61 heavy (non-hydrogen) atoms. The molecule has 4 heterocycles. The molecule has 0 fully saturated rings. The highest BCUT2D eigenvalue weighted by Gasteiger charge is 2.22. The second kappa shape index (κ2) is 13.2. The quantitative estimate of drug-likeness (QED) is 0.175. The van der Waals surface area contributed by atoms with E-state index in [9.17, 15) is 0 Å². The van der Waals surface area contributed by atoms with Crippen molar-refractivity contribution >= 4 is 71.6 Å². The van der Waals surface area contributed by atoms with Crippen LogP contribution in [0.4, 0.5) is 0 Å². The summed E-state index contributed by atoms with van der Waals surface area (Å²) in [5, 5.41) is 7.03. The van der Waals surface area contributed by atoms with Gasteiger partial charge in [-0.25, -0.2) is 9.97 Å². The molecule has 0 amide bonds. The fourth-order valence-electron chi connectivity index (χ4n) is 9.78. The molecule has 13 rings (SSSR count). The third kappa shape index (κ3) is 5.20. The summed E-state index contributed by atoms with van der Waals surface area (Å²) < 4.78 is 11.5. The molecule has 8 aromatic carbocycles. The predicted molar refractivity (Wildman–Crippen MR) is 252 cm³/mol. The molecule has 5 nitrogen and oxygen atoms in total. The average Bonchev–Trinajstić information content (AvgIpc) is 3.99. The highest BCUT2D eigenvalue weighted by Crippen LogP contribution is 2.41. The first-order chi connectivity index (χ1) is 30.2.